The van der Waals surface area contributed by atoms with Crippen LogP contribution < -0.4 is 11.1 Å². The van der Waals surface area contributed by atoms with Crippen LogP contribution in [0.2, 0.25) is 0 Å². The van der Waals surface area contributed by atoms with Crippen molar-refractivity contribution in [1.29, 1.82) is 0 Å². The summed E-state index contributed by atoms with van der Waals surface area (Å²) in [5, 5.41) is 2.64. The van der Waals surface area contributed by atoms with Gasteiger partial charge in [-0.15, -0.1) is 0 Å². The van der Waals surface area contributed by atoms with Gasteiger partial charge in [0, 0.05) is 6.54 Å². The van der Waals surface area contributed by atoms with Gasteiger partial charge in [-0.25, -0.2) is 0 Å². The quantitative estimate of drug-likeness (QED) is 0.661. The summed E-state index contributed by atoms with van der Waals surface area (Å²) < 4.78 is 36.1. The number of halogens is 3. The van der Waals surface area contributed by atoms with Crippen molar-refractivity contribution in [1.82, 2.24) is 10.2 Å². The van der Waals surface area contributed by atoms with Crippen molar-refractivity contribution in [3.63, 3.8) is 0 Å². The molecule has 3 N–H and O–H groups in total. The van der Waals surface area contributed by atoms with Gasteiger partial charge in [0.05, 0.1) is 12.6 Å². The van der Waals surface area contributed by atoms with E-state index in [4.69, 9.17) is 5.73 Å². The van der Waals surface area contributed by atoms with Gasteiger partial charge >= 0.3 is 6.18 Å². The van der Waals surface area contributed by atoms with Gasteiger partial charge < -0.3 is 11.1 Å². The lowest BCUT2D eigenvalue weighted by molar-refractivity contribution is -0.143. The normalized spacial score (nSPS) is 15.4. The fourth-order valence-corrected chi connectivity index (χ4v) is 1.58. The molecule has 0 aromatic carbocycles. The maximum absolute atomic E-state index is 12.0. The number of carbonyl (C=O) groups is 1. The Labute approximate surface area is 112 Å². The van der Waals surface area contributed by atoms with E-state index in [1.165, 1.54) is 11.9 Å². The first-order valence-electron chi connectivity index (χ1n) is 6.46. The second kappa shape index (κ2) is 8.37. The Balaban J connectivity index is 3.78. The summed E-state index contributed by atoms with van der Waals surface area (Å²) >= 11 is 0. The van der Waals surface area contributed by atoms with Crippen LogP contribution in [0.1, 0.15) is 26.7 Å². The topological polar surface area (TPSA) is 58.4 Å². The van der Waals surface area contributed by atoms with E-state index in [1.54, 1.807) is 0 Å². The highest BCUT2D eigenvalue weighted by molar-refractivity contribution is 5.81. The number of hydrogen-bond acceptors (Lipinski definition) is 3. The first-order chi connectivity index (χ1) is 8.67. The third-order valence-electron chi connectivity index (χ3n) is 3.02. The first kappa shape index (κ1) is 18.2. The zero-order chi connectivity index (χ0) is 15.1. The molecule has 0 heterocycles. The smallest absolute Gasteiger partial charge is 0.355 e. The molecule has 0 aromatic heterocycles. The molecule has 19 heavy (non-hydrogen) atoms. The summed E-state index contributed by atoms with van der Waals surface area (Å²) in [6.45, 7) is 3.52. The average Bonchev–Trinajstić information content (AvgIpc) is 2.30. The molecule has 4 nitrogen and oxygen atoms in total. The van der Waals surface area contributed by atoms with Crippen LogP contribution in [0.5, 0.6) is 0 Å². The molecule has 0 aromatic rings. The molecule has 0 fully saturated rings. The maximum atomic E-state index is 12.0. The minimum Gasteiger partial charge on any atom is -0.355 e. The van der Waals surface area contributed by atoms with Crippen molar-refractivity contribution < 1.29 is 18.0 Å². The van der Waals surface area contributed by atoms with Crippen LogP contribution in [0.4, 0.5) is 13.2 Å². The van der Waals surface area contributed by atoms with Crippen LogP contribution in [-0.4, -0.2) is 49.7 Å². The van der Waals surface area contributed by atoms with Crippen LogP contribution in [-0.2, 0) is 4.79 Å². The van der Waals surface area contributed by atoms with Crippen LogP contribution >= 0.6 is 0 Å². The largest absolute Gasteiger partial charge is 0.401 e. The molecule has 0 saturated carbocycles. The van der Waals surface area contributed by atoms with E-state index in [9.17, 15) is 18.0 Å². The van der Waals surface area contributed by atoms with Crippen molar-refractivity contribution in [2.75, 3.05) is 26.7 Å². The molecule has 0 spiro atoms. The Hall–Kier alpha value is -0.820. The Morgan fingerprint density at radius 2 is 2.00 bits per heavy atom. The molecule has 0 radical (unpaired) electrons. The highest BCUT2D eigenvalue weighted by Gasteiger charge is 2.28. The number of nitrogens with two attached hydrogens (primary N) is 1. The number of rotatable bonds is 8. The second-order valence-electron chi connectivity index (χ2n) is 4.91. The summed E-state index contributed by atoms with van der Waals surface area (Å²) in [6.07, 6.45) is -2.91. The first-order valence-corrected chi connectivity index (χ1v) is 6.46. The van der Waals surface area contributed by atoms with E-state index in [2.05, 4.69) is 5.32 Å². The molecule has 2 atom stereocenters. The molecule has 0 rings (SSSR count). The lowest BCUT2D eigenvalue weighted by Gasteiger charge is -2.20. The zero-order valence-corrected chi connectivity index (χ0v) is 11.8. The van der Waals surface area contributed by atoms with Crippen molar-refractivity contribution >= 4 is 5.91 Å². The van der Waals surface area contributed by atoms with Gasteiger partial charge in [-0.1, -0.05) is 20.3 Å². The second-order valence-corrected chi connectivity index (χ2v) is 4.91. The zero-order valence-electron chi connectivity index (χ0n) is 11.8. The number of carbonyl (C=O) groups excluding carboxylic acids is 1. The number of hydrogen-bond donors (Lipinski definition) is 2. The Kier molecular flexibility index (Phi) is 8.01. The Morgan fingerprint density at radius 1 is 1.42 bits per heavy atom. The number of nitrogens with zero attached hydrogens (tertiary/aromatic N) is 1. The Morgan fingerprint density at radius 3 is 2.47 bits per heavy atom. The summed E-state index contributed by atoms with van der Waals surface area (Å²) in [4.78, 5) is 12.8. The van der Waals surface area contributed by atoms with Gasteiger partial charge in [0.25, 0.3) is 0 Å². The van der Waals surface area contributed by atoms with Crippen molar-refractivity contribution in [3.05, 3.63) is 0 Å². The molecule has 114 valence electrons. The summed E-state index contributed by atoms with van der Waals surface area (Å²) in [5.74, 6) is -0.152. The minimum atomic E-state index is -4.18. The van der Waals surface area contributed by atoms with Gasteiger partial charge in [-0.3, -0.25) is 9.69 Å². The average molecular weight is 283 g/mol. The van der Waals surface area contributed by atoms with Gasteiger partial charge in [0.1, 0.15) is 0 Å². The van der Waals surface area contributed by atoms with Crippen LogP contribution in [0, 0.1) is 5.92 Å². The third kappa shape index (κ3) is 8.83. The fourth-order valence-electron chi connectivity index (χ4n) is 1.58. The maximum Gasteiger partial charge on any atom is 0.401 e. The molecule has 0 aliphatic carbocycles. The predicted molar refractivity (Wildman–Crippen MR) is 68.6 cm³/mol. The van der Waals surface area contributed by atoms with Gasteiger partial charge in [-0.05, 0) is 25.9 Å². The van der Waals surface area contributed by atoms with Crippen LogP contribution in [0.3, 0.4) is 0 Å². The molecule has 1 amide bonds. The number of amides is 1. The van der Waals surface area contributed by atoms with E-state index in [1.807, 2.05) is 13.8 Å². The summed E-state index contributed by atoms with van der Waals surface area (Å²) in [7, 11) is 1.40. The van der Waals surface area contributed by atoms with E-state index < -0.39 is 18.8 Å². The van der Waals surface area contributed by atoms with E-state index >= 15 is 0 Å². The van der Waals surface area contributed by atoms with Crippen LogP contribution in [0.25, 0.3) is 0 Å². The minimum absolute atomic E-state index is 0.0907. The van der Waals surface area contributed by atoms with Crippen molar-refractivity contribution in [3.8, 4) is 0 Å². The molecule has 2 unspecified atom stereocenters. The van der Waals surface area contributed by atoms with Gasteiger partial charge in [0.2, 0.25) is 5.91 Å². The van der Waals surface area contributed by atoms with E-state index in [0.717, 1.165) is 6.42 Å². The molecule has 0 saturated heterocycles. The summed E-state index contributed by atoms with van der Waals surface area (Å²) in [6, 6.07) is -0.557. The number of alkyl halides is 3. The SMILES string of the molecule is CCC(C)C(N)C(=O)NCCCN(C)CC(F)(F)F. The lowest BCUT2D eigenvalue weighted by Crippen LogP contribution is -2.45. The fraction of sp³-hybridized carbons (Fsp3) is 0.917. The van der Waals surface area contributed by atoms with Crippen LogP contribution in [0.15, 0.2) is 0 Å². The predicted octanol–water partition coefficient (Wildman–Crippen LogP) is 1.36. The highest BCUT2D eigenvalue weighted by atomic mass is 19.4. The van der Waals surface area contributed by atoms with Crippen molar-refractivity contribution in [2.24, 2.45) is 11.7 Å². The lowest BCUT2D eigenvalue weighted by atomic mass is 9.99. The Bertz CT molecular complexity index is 271. The summed E-state index contributed by atoms with van der Waals surface area (Å²) in [5.41, 5.74) is 5.73. The van der Waals surface area contributed by atoms with Gasteiger partial charge in [-0.2, -0.15) is 13.2 Å². The third-order valence-corrected chi connectivity index (χ3v) is 3.02. The van der Waals surface area contributed by atoms with Gasteiger partial charge in [0.15, 0.2) is 0 Å². The van der Waals surface area contributed by atoms with Crippen molar-refractivity contribution in [2.45, 2.75) is 38.9 Å². The number of nitrogens with one attached hydrogen (secondary N) is 1. The molecule has 0 aliphatic heterocycles. The molecular formula is C12H24F3N3O. The monoisotopic (exact) mass is 283 g/mol. The van der Waals surface area contributed by atoms with E-state index in [-0.39, 0.29) is 18.4 Å². The highest BCUT2D eigenvalue weighted by Crippen LogP contribution is 2.15. The molecule has 0 bridgehead atoms. The standard InChI is InChI=1S/C12H24F3N3O/c1-4-9(2)10(16)11(19)17-6-5-7-18(3)8-12(13,14)15/h9-10H,4-8,16H2,1-3H3,(H,17,19). The molecule has 7 heteroatoms. The molecular weight excluding hydrogens is 259 g/mol. The van der Waals surface area contributed by atoms with E-state index in [0.29, 0.717) is 13.0 Å². The molecule has 0 aliphatic rings.